The van der Waals surface area contributed by atoms with E-state index in [0.29, 0.717) is 18.5 Å². The molecule has 8 heteroatoms. The Hall–Kier alpha value is -1.39. The number of hydrogen-bond acceptors (Lipinski definition) is 4. The Morgan fingerprint density at radius 1 is 1.27 bits per heavy atom. The van der Waals surface area contributed by atoms with Gasteiger partial charge in [-0.05, 0) is 37.7 Å². The quantitative estimate of drug-likeness (QED) is 0.210. The number of benzene rings is 1. The van der Waals surface area contributed by atoms with Crippen LogP contribution in [0.4, 0.5) is 0 Å². The molecule has 170 valence electrons. The summed E-state index contributed by atoms with van der Waals surface area (Å²) in [6.45, 7) is 6.16. The first-order valence-corrected chi connectivity index (χ1v) is 10.5. The van der Waals surface area contributed by atoms with Crippen molar-refractivity contribution >= 4 is 35.8 Å². The van der Waals surface area contributed by atoms with Crippen LogP contribution in [0.2, 0.25) is 0 Å². The minimum Gasteiger partial charge on any atom is -0.381 e. The molecule has 1 aromatic rings. The molecule has 1 saturated heterocycles. The van der Waals surface area contributed by atoms with Gasteiger partial charge in [-0.3, -0.25) is 4.79 Å². The average molecular weight is 532 g/mol. The molecule has 2 rings (SSSR count). The van der Waals surface area contributed by atoms with Crippen LogP contribution in [-0.2, 0) is 14.3 Å². The predicted octanol–water partition coefficient (Wildman–Crippen LogP) is 2.82. The zero-order chi connectivity index (χ0) is 20.9. The molecule has 0 bridgehead atoms. The summed E-state index contributed by atoms with van der Waals surface area (Å²) in [6.07, 6.45) is 3.07. The summed E-state index contributed by atoms with van der Waals surface area (Å²) in [5.74, 6) is 1.23. The van der Waals surface area contributed by atoms with E-state index < -0.39 is 0 Å². The molecule has 1 aliphatic rings. The SMILES string of the molecule is CC(NC(=NCC(=O)N(C)C)NCCCOCC1CCOCC1)c1ccccc1.I. The number of guanidine groups is 1. The molecule has 1 fully saturated rings. The lowest BCUT2D eigenvalue weighted by atomic mass is 10.0. The Balaban J connectivity index is 0.00000450. The number of halogens is 1. The van der Waals surface area contributed by atoms with Crippen molar-refractivity contribution in [2.45, 2.75) is 32.2 Å². The molecular formula is C22H37IN4O3. The largest absolute Gasteiger partial charge is 0.381 e. The summed E-state index contributed by atoms with van der Waals surface area (Å²) in [7, 11) is 3.47. The highest BCUT2D eigenvalue weighted by molar-refractivity contribution is 14.0. The van der Waals surface area contributed by atoms with Crippen molar-refractivity contribution in [3.8, 4) is 0 Å². The van der Waals surface area contributed by atoms with E-state index in [4.69, 9.17) is 9.47 Å². The number of aliphatic imine (C=N–C) groups is 1. The van der Waals surface area contributed by atoms with Gasteiger partial charge in [0.2, 0.25) is 5.91 Å². The van der Waals surface area contributed by atoms with E-state index in [1.54, 1.807) is 19.0 Å². The maximum absolute atomic E-state index is 11.9. The van der Waals surface area contributed by atoms with Gasteiger partial charge in [0.05, 0.1) is 6.04 Å². The van der Waals surface area contributed by atoms with Crippen molar-refractivity contribution in [2.24, 2.45) is 10.9 Å². The highest BCUT2D eigenvalue weighted by Gasteiger charge is 2.13. The number of carbonyl (C=O) groups is 1. The first-order chi connectivity index (χ1) is 14.1. The van der Waals surface area contributed by atoms with E-state index in [9.17, 15) is 4.79 Å². The molecule has 1 aliphatic heterocycles. The zero-order valence-corrected chi connectivity index (χ0v) is 20.8. The fourth-order valence-electron chi connectivity index (χ4n) is 3.01. The maximum Gasteiger partial charge on any atom is 0.243 e. The monoisotopic (exact) mass is 532 g/mol. The lowest BCUT2D eigenvalue weighted by Gasteiger charge is -2.22. The minimum absolute atomic E-state index is 0. The Labute approximate surface area is 198 Å². The number of carbonyl (C=O) groups excluding carboxylic acids is 1. The smallest absolute Gasteiger partial charge is 0.243 e. The molecule has 1 atom stereocenters. The Kier molecular flexibility index (Phi) is 13.7. The van der Waals surface area contributed by atoms with E-state index in [0.717, 1.165) is 45.6 Å². The van der Waals surface area contributed by atoms with Crippen molar-refractivity contribution in [1.82, 2.24) is 15.5 Å². The van der Waals surface area contributed by atoms with E-state index >= 15 is 0 Å². The van der Waals surface area contributed by atoms with Crippen LogP contribution in [0.15, 0.2) is 35.3 Å². The van der Waals surface area contributed by atoms with Gasteiger partial charge in [0, 0.05) is 47.1 Å². The molecule has 1 amide bonds. The van der Waals surface area contributed by atoms with Gasteiger partial charge in [0.15, 0.2) is 5.96 Å². The van der Waals surface area contributed by atoms with Crippen LogP contribution in [0, 0.1) is 5.92 Å². The summed E-state index contributed by atoms with van der Waals surface area (Å²) in [5, 5.41) is 6.70. The Bertz CT molecular complexity index is 622. The second-order valence-electron chi connectivity index (χ2n) is 7.64. The van der Waals surface area contributed by atoms with Crippen molar-refractivity contribution in [3.05, 3.63) is 35.9 Å². The van der Waals surface area contributed by atoms with E-state index in [1.165, 1.54) is 5.56 Å². The maximum atomic E-state index is 11.9. The standard InChI is InChI=1S/C22H36N4O3.HI/c1-18(20-8-5-4-6-9-20)25-22(24-16-21(27)26(2)3)23-12-7-13-29-17-19-10-14-28-15-11-19;/h4-6,8-9,18-19H,7,10-17H2,1-3H3,(H2,23,24,25);1H. The lowest BCUT2D eigenvalue weighted by Crippen LogP contribution is -2.40. The van der Waals surface area contributed by atoms with Crippen LogP contribution >= 0.6 is 24.0 Å². The fourth-order valence-corrected chi connectivity index (χ4v) is 3.01. The van der Waals surface area contributed by atoms with Gasteiger partial charge >= 0.3 is 0 Å². The summed E-state index contributed by atoms with van der Waals surface area (Å²) >= 11 is 0. The van der Waals surface area contributed by atoms with Gasteiger partial charge in [-0.15, -0.1) is 24.0 Å². The summed E-state index contributed by atoms with van der Waals surface area (Å²) in [5.41, 5.74) is 1.17. The molecule has 1 aromatic carbocycles. The first kappa shape index (κ1) is 26.6. The summed E-state index contributed by atoms with van der Waals surface area (Å²) < 4.78 is 11.2. The van der Waals surface area contributed by atoms with E-state index in [-0.39, 0.29) is 42.5 Å². The normalized spacial score (nSPS) is 15.8. The second-order valence-corrected chi connectivity index (χ2v) is 7.64. The van der Waals surface area contributed by atoms with E-state index in [1.807, 2.05) is 18.2 Å². The Morgan fingerprint density at radius 2 is 1.97 bits per heavy atom. The lowest BCUT2D eigenvalue weighted by molar-refractivity contribution is -0.127. The summed E-state index contributed by atoms with van der Waals surface area (Å²) in [6, 6.07) is 10.3. The highest BCUT2D eigenvalue weighted by atomic mass is 127. The molecular weight excluding hydrogens is 495 g/mol. The number of hydrogen-bond donors (Lipinski definition) is 2. The second kappa shape index (κ2) is 15.4. The molecule has 0 saturated carbocycles. The fraction of sp³-hybridized carbons (Fsp3) is 0.636. The Morgan fingerprint density at radius 3 is 2.63 bits per heavy atom. The van der Waals surface area contributed by atoms with Crippen LogP contribution < -0.4 is 10.6 Å². The number of rotatable bonds is 10. The molecule has 1 heterocycles. The minimum atomic E-state index is -0.0294. The van der Waals surface area contributed by atoms with Gasteiger partial charge < -0.3 is 25.0 Å². The zero-order valence-electron chi connectivity index (χ0n) is 18.4. The average Bonchev–Trinajstić information content (AvgIpc) is 2.75. The van der Waals surface area contributed by atoms with Crippen molar-refractivity contribution in [2.75, 3.05) is 53.6 Å². The van der Waals surface area contributed by atoms with Gasteiger partial charge in [0.25, 0.3) is 0 Å². The van der Waals surface area contributed by atoms with Crippen LogP contribution in [0.5, 0.6) is 0 Å². The van der Waals surface area contributed by atoms with Crippen molar-refractivity contribution in [3.63, 3.8) is 0 Å². The van der Waals surface area contributed by atoms with Gasteiger partial charge in [-0.2, -0.15) is 0 Å². The highest BCUT2D eigenvalue weighted by Crippen LogP contribution is 2.14. The number of nitrogens with one attached hydrogen (secondary N) is 2. The van der Waals surface area contributed by atoms with Crippen LogP contribution in [0.3, 0.4) is 0 Å². The molecule has 0 aliphatic carbocycles. The summed E-state index contributed by atoms with van der Waals surface area (Å²) in [4.78, 5) is 17.9. The topological polar surface area (TPSA) is 75.2 Å². The molecule has 2 N–H and O–H groups in total. The number of nitrogens with zero attached hydrogens (tertiary/aromatic N) is 2. The molecule has 0 radical (unpaired) electrons. The third-order valence-corrected chi connectivity index (χ3v) is 4.98. The third-order valence-electron chi connectivity index (χ3n) is 4.98. The van der Waals surface area contributed by atoms with E-state index in [2.05, 4.69) is 34.7 Å². The number of likely N-dealkylation sites (N-methyl/N-ethyl adjacent to an activating group) is 1. The van der Waals surface area contributed by atoms with Crippen molar-refractivity contribution < 1.29 is 14.3 Å². The van der Waals surface area contributed by atoms with Gasteiger partial charge in [-0.25, -0.2) is 4.99 Å². The van der Waals surface area contributed by atoms with Gasteiger partial charge in [0.1, 0.15) is 6.54 Å². The number of ether oxygens (including phenoxy) is 2. The van der Waals surface area contributed by atoms with Crippen LogP contribution in [0.25, 0.3) is 0 Å². The molecule has 1 unspecified atom stereocenters. The first-order valence-electron chi connectivity index (χ1n) is 10.5. The molecule has 0 spiro atoms. The third kappa shape index (κ3) is 10.6. The van der Waals surface area contributed by atoms with Crippen molar-refractivity contribution in [1.29, 1.82) is 0 Å². The molecule has 0 aromatic heterocycles. The number of amides is 1. The van der Waals surface area contributed by atoms with Crippen LogP contribution in [0.1, 0.15) is 37.8 Å². The van der Waals surface area contributed by atoms with Gasteiger partial charge in [-0.1, -0.05) is 30.3 Å². The molecule has 30 heavy (non-hydrogen) atoms. The predicted molar refractivity (Wildman–Crippen MR) is 131 cm³/mol. The molecule has 7 nitrogen and oxygen atoms in total. The van der Waals surface area contributed by atoms with Crippen LogP contribution in [-0.4, -0.2) is 70.4 Å².